The van der Waals surface area contributed by atoms with Gasteiger partial charge in [-0.1, -0.05) is 30.3 Å². The van der Waals surface area contributed by atoms with E-state index in [0.29, 0.717) is 5.75 Å². The first-order chi connectivity index (χ1) is 9.33. The molecule has 0 amide bonds. The standard InChI is InChI=1S/C16H12OS2/c17-15(12-4-2-1-3-5-12)11-19-14-6-7-16-13(10-14)8-9-18-16/h1-10H,11H2. The largest absolute Gasteiger partial charge is 0.293 e. The van der Waals surface area contributed by atoms with Crippen molar-refractivity contribution in [3.05, 3.63) is 65.5 Å². The average Bonchev–Trinajstić information content (AvgIpc) is 2.93. The zero-order chi connectivity index (χ0) is 13.1. The Hall–Kier alpha value is -1.58. The Morgan fingerprint density at radius 3 is 2.74 bits per heavy atom. The molecule has 0 saturated carbocycles. The normalized spacial score (nSPS) is 10.7. The van der Waals surface area contributed by atoms with Gasteiger partial charge >= 0.3 is 0 Å². The predicted molar refractivity (Wildman–Crippen MR) is 83.3 cm³/mol. The first kappa shape index (κ1) is 12.5. The number of fused-ring (bicyclic) bond motifs is 1. The molecule has 1 aromatic heterocycles. The van der Waals surface area contributed by atoms with Crippen molar-refractivity contribution in [2.24, 2.45) is 0 Å². The minimum atomic E-state index is 0.177. The molecule has 3 rings (SSSR count). The maximum absolute atomic E-state index is 12.0. The molecule has 19 heavy (non-hydrogen) atoms. The minimum Gasteiger partial charge on any atom is -0.293 e. The van der Waals surface area contributed by atoms with Crippen LogP contribution in [0.1, 0.15) is 10.4 Å². The van der Waals surface area contributed by atoms with Gasteiger partial charge in [0.05, 0.1) is 5.75 Å². The summed E-state index contributed by atoms with van der Waals surface area (Å²) in [7, 11) is 0. The van der Waals surface area contributed by atoms with E-state index < -0.39 is 0 Å². The van der Waals surface area contributed by atoms with Crippen LogP contribution in [0.15, 0.2) is 64.9 Å². The zero-order valence-electron chi connectivity index (χ0n) is 10.2. The Morgan fingerprint density at radius 1 is 1.05 bits per heavy atom. The SMILES string of the molecule is O=C(CSc1ccc2sccc2c1)c1ccccc1. The summed E-state index contributed by atoms with van der Waals surface area (Å²) in [6.45, 7) is 0. The topological polar surface area (TPSA) is 17.1 Å². The van der Waals surface area contributed by atoms with Crippen LogP contribution in [0.25, 0.3) is 10.1 Å². The van der Waals surface area contributed by atoms with Gasteiger partial charge in [-0.2, -0.15) is 0 Å². The predicted octanol–water partition coefficient (Wildman–Crippen LogP) is 4.88. The van der Waals surface area contributed by atoms with E-state index in [1.165, 1.54) is 10.1 Å². The summed E-state index contributed by atoms with van der Waals surface area (Å²) >= 11 is 3.34. The lowest BCUT2D eigenvalue weighted by Gasteiger charge is -2.02. The van der Waals surface area contributed by atoms with E-state index >= 15 is 0 Å². The first-order valence-corrected chi connectivity index (χ1v) is 7.88. The fraction of sp³-hybridized carbons (Fsp3) is 0.0625. The Morgan fingerprint density at radius 2 is 1.89 bits per heavy atom. The van der Waals surface area contributed by atoms with Crippen LogP contribution in [-0.2, 0) is 0 Å². The molecule has 0 saturated heterocycles. The molecule has 1 nitrogen and oxygen atoms in total. The Labute approximate surface area is 120 Å². The van der Waals surface area contributed by atoms with Crippen LogP contribution < -0.4 is 0 Å². The van der Waals surface area contributed by atoms with Crippen molar-refractivity contribution in [1.82, 2.24) is 0 Å². The highest BCUT2D eigenvalue weighted by Crippen LogP contribution is 2.27. The van der Waals surface area contributed by atoms with Gasteiger partial charge in [-0.15, -0.1) is 23.1 Å². The fourth-order valence-electron chi connectivity index (χ4n) is 1.89. The molecule has 0 aliphatic rings. The summed E-state index contributed by atoms with van der Waals surface area (Å²) in [5, 5.41) is 3.34. The van der Waals surface area contributed by atoms with Crippen molar-refractivity contribution < 1.29 is 4.79 Å². The second-order valence-electron chi connectivity index (χ2n) is 4.20. The van der Waals surface area contributed by atoms with Crippen LogP contribution >= 0.6 is 23.1 Å². The Balaban J connectivity index is 1.70. The molecule has 3 aromatic rings. The van der Waals surface area contributed by atoms with Gasteiger partial charge in [0.25, 0.3) is 0 Å². The number of benzene rings is 2. The quantitative estimate of drug-likeness (QED) is 0.502. The van der Waals surface area contributed by atoms with Crippen LogP contribution in [0.5, 0.6) is 0 Å². The molecule has 0 bridgehead atoms. The summed E-state index contributed by atoms with van der Waals surface area (Å²) in [6, 6.07) is 17.9. The molecule has 0 aliphatic carbocycles. The number of hydrogen-bond donors (Lipinski definition) is 0. The second-order valence-corrected chi connectivity index (χ2v) is 6.19. The third kappa shape index (κ3) is 2.88. The average molecular weight is 284 g/mol. The Kier molecular flexibility index (Phi) is 3.67. The molecule has 94 valence electrons. The van der Waals surface area contributed by atoms with E-state index in [0.717, 1.165) is 10.5 Å². The monoisotopic (exact) mass is 284 g/mol. The van der Waals surface area contributed by atoms with E-state index in [4.69, 9.17) is 0 Å². The van der Waals surface area contributed by atoms with Crippen LogP contribution in [0.4, 0.5) is 0 Å². The zero-order valence-corrected chi connectivity index (χ0v) is 11.8. The third-order valence-corrected chi connectivity index (χ3v) is 4.78. The van der Waals surface area contributed by atoms with Crippen LogP contribution in [0, 0.1) is 0 Å². The number of carbonyl (C=O) groups is 1. The molecule has 1 heterocycles. The highest BCUT2D eigenvalue weighted by Gasteiger charge is 2.06. The molecule has 0 fully saturated rings. The lowest BCUT2D eigenvalue weighted by molar-refractivity contribution is 0.102. The van der Waals surface area contributed by atoms with Gasteiger partial charge in [0, 0.05) is 15.2 Å². The van der Waals surface area contributed by atoms with Gasteiger partial charge in [0.15, 0.2) is 5.78 Å². The summed E-state index contributed by atoms with van der Waals surface area (Å²) in [5.74, 6) is 0.663. The van der Waals surface area contributed by atoms with E-state index in [9.17, 15) is 4.79 Å². The van der Waals surface area contributed by atoms with Gasteiger partial charge in [-0.25, -0.2) is 0 Å². The molecule has 2 aromatic carbocycles. The van der Waals surface area contributed by atoms with E-state index in [1.54, 1.807) is 23.1 Å². The number of carbonyl (C=O) groups excluding carboxylic acids is 1. The first-order valence-electron chi connectivity index (χ1n) is 6.01. The van der Waals surface area contributed by atoms with Crippen molar-refractivity contribution in [2.75, 3.05) is 5.75 Å². The number of thiophene rings is 1. The summed E-state index contributed by atoms with van der Waals surface area (Å²) in [4.78, 5) is 13.2. The van der Waals surface area contributed by atoms with Crippen LogP contribution in [-0.4, -0.2) is 11.5 Å². The molecule has 0 atom stereocenters. The molecule has 0 unspecified atom stereocenters. The minimum absolute atomic E-state index is 0.177. The molecular formula is C16H12OS2. The van der Waals surface area contributed by atoms with Crippen molar-refractivity contribution in [1.29, 1.82) is 0 Å². The molecule has 0 radical (unpaired) electrons. The summed E-state index contributed by atoms with van der Waals surface area (Å²) < 4.78 is 1.29. The summed E-state index contributed by atoms with van der Waals surface area (Å²) in [6.07, 6.45) is 0. The van der Waals surface area contributed by atoms with Gasteiger partial charge < -0.3 is 0 Å². The maximum Gasteiger partial charge on any atom is 0.173 e. The molecular weight excluding hydrogens is 272 g/mol. The number of rotatable bonds is 4. The fourth-order valence-corrected chi connectivity index (χ4v) is 3.50. The van der Waals surface area contributed by atoms with Gasteiger partial charge in [-0.05, 0) is 35.0 Å². The lowest BCUT2D eigenvalue weighted by Crippen LogP contribution is -2.01. The molecule has 3 heteroatoms. The van der Waals surface area contributed by atoms with Crippen LogP contribution in [0.3, 0.4) is 0 Å². The lowest BCUT2D eigenvalue weighted by atomic mass is 10.2. The highest BCUT2D eigenvalue weighted by molar-refractivity contribution is 8.00. The van der Waals surface area contributed by atoms with Crippen molar-refractivity contribution >= 4 is 39.0 Å². The van der Waals surface area contributed by atoms with Gasteiger partial charge in [0.1, 0.15) is 0 Å². The van der Waals surface area contributed by atoms with E-state index in [-0.39, 0.29) is 5.78 Å². The molecule has 0 aliphatic heterocycles. The second kappa shape index (κ2) is 5.59. The number of Topliss-reactive ketones (excluding diaryl/α,β-unsaturated/α-hetero) is 1. The number of ketones is 1. The maximum atomic E-state index is 12.0. The van der Waals surface area contributed by atoms with Crippen molar-refractivity contribution in [3.63, 3.8) is 0 Å². The third-order valence-electron chi connectivity index (χ3n) is 2.89. The number of hydrogen-bond acceptors (Lipinski definition) is 3. The smallest absolute Gasteiger partial charge is 0.173 e. The highest BCUT2D eigenvalue weighted by atomic mass is 32.2. The van der Waals surface area contributed by atoms with Crippen molar-refractivity contribution in [3.8, 4) is 0 Å². The van der Waals surface area contributed by atoms with Gasteiger partial charge in [0.2, 0.25) is 0 Å². The number of thioether (sulfide) groups is 1. The van der Waals surface area contributed by atoms with Gasteiger partial charge in [-0.3, -0.25) is 4.79 Å². The van der Waals surface area contributed by atoms with Crippen LogP contribution in [0.2, 0.25) is 0 Å². The van der Waals surface area contributed by atoms with E-state index in [1.807, 2.05) is 30.3 Å². The van der Waals surface area contributed by atoms with E-state index in [2.05, 4.69) is 29.6 Å². The van der Waals surface area contributed by atoms with Crippen molar-refractivity contribution in [2.45, 2.75) is 4.90 Å². The summed E-state index contributed by atoms with van der Waals surface area (Å²) in [5.41, 5.74) is 0.784. The Bertz CT molecular complexity index is 701. The molecule has 0 spiro atoms. The molecule has 0 N–H and O–H groups in total.